The summed E-state index contributed by atoms with van der Waals surface area (Å²) in [5.41, 5.74) is 13.1. The quantitative estimate of drug-likeness (QED) is 0.168. The van der Waals surface area contributed by atoms with E-state index in [1.165, 1.54) is 48.9 Å². The van der Waals surface area contributed by atoms with Crippen molar-refractivity contribution >= 4 is 65.4 Å². The van der Waals surface area contributed by atoms with E-state index in [0.29, 0.717) is 17.5 Å². The summed E-state index contributed by atoms with van der Waals surface area (Å²) in [5, 5.41) is 7.35. The van der Waals surface area contributed by atoms with Gasteiger partial charge < -0.3 is 13.7 Å². The molecule has 0 spiro atoms. The largest absolute Gasteiger partial charge is 0.309 e. The van der Waals surface area contributed by atoms with E-state index >= 15 is 0 Å². The summed E-state index contributed by atoms with van der Waals surface area (Å²) in [6.45, 7) is 0. The minimum Gasteiger partial charge on any atom is -0.309 e. The van der Waals surface area contributed by atoms with Gasteiger partial charge in [-0.25, -0.2) is 15.0 Å². The Hall–Kier alpha value is -8.61. The van der Waals surface area contributed by atoms with Crippen molar-refractivity contribution in [3.05, 3.63) is 218 Å². The minimum atomic E-state index is 0.632. The molecular formula is C57H36N6. The average molecular weight is 805 g/mol. The second-order valence-corrected chi connectivity index (χ2v) is 16.0. The summed E-state index contributed by atoms with van der Waals surface area (Å²) in [6.07, 6.45) is 0. The molecule has 0 aliphatic rings. The Balaban J connectivity index is 1.02. The fourth-order valence-corrected chi connectivity index (χ4v) is 9.78. The number of hydrogen-bond donors (Lipinski definition) is 0. The highest BCUT2D eigenvalue weighted by Crippen LogP contribution is 2.44. The van der Waals surface area contributed by atoms with Crippen LogP contribution in [-0.4, -0.2) is 28.7 Å². The molecule has 6 heteroatoms. The molecular weight excluding hydrogens is 769 g/mol. The van der Waals surface area contributed by atoms with E-state index in [1.54, 1.807) is 0 Å². The van der Waals surface area contributed by atoms with Crippen LogP contribution < -0.4 is 0 Å². The molecule has 0 amide bonds. The van der Waals surface area contributed by atoms with Gasteiger partial charge in [0.2, 0.25) is 0 Å². The summed E-state index contributed by atoms with van der Waals surface area (Å²) in [4.78, 5) is 14.9. The van der Waals surface area contributed by atoms with Crippen LogP contribution in [0.4, 0.5) is 0 Å². The fourth-order valence-electron chi connectivity index (χ4n) is 9.78. The van der Waals surface area contributed by atoms with Crippen molar-refractivity contribution in [2.24, 2.45) is 0 Å². The minimum absolute atomic E-state index is 0.632. The molecule has 0 aliphatic heterocycles. The number of rotatable bonds is 6. The van der Waals surface area contributed by atoms with E-state index in [2.05, 4.69) is 171 Å². The van der Waals surface area contributed by atoms with Gasteiger partial charge in [-0.15, -0.1) is 0 Å². The fraction of sp³-hybridized carbons (Fsp3) is 0. The lowest BCUT2D eigenvalue weighted by atomic mass is 10.1. The Morgan fingerprint density at radius 2 is 0.667 bits per heavy atom. The Bertz CT molecular complexity index is 3820. The third-order valence-corrected chi connectivity index (χ3v) is 12.5. The van der Waals surface area contributed by atoms with E-state index < -0.39 is 0 Å². The first kappa shape index (κ1) is 35.2. The van der Waals surface area contributed by atoms with Gasteiger partial charge in [0.05, 0.1) is 38.8 Å². The molecule has 0 saturated heterocycles. The third-order valence-electron chi connectivity index (χ3n) is 12.5. The molecule has 4 heterocycles. The molecule has 4 aromatic heterocycles. The van der Waals surface area contributed by atoms with Crippen LogP contribution in [0.5, 0.6) is 0 Å². The van der Waals surface area contributed by atoms with Crippen molar-refractivity contribution in [3.63, 3.8) is 0 Å². The molecule has 63 heavy (non-hydrogen) atoms. The van der Waals surface area contributed by atoms with E-state index in [1.807, 2.05) is 60.7 Å². The Morgan fingerprint density at radius 3 is 1.24 bits per heavy atom. The maximum atomic E-state index is 5.00. The van der Waals surface area contributed by atoms with Crippen LogP contribution in [0, 0.1) is 0 Å². The predicted molar refractivity (Wildman–Crippen MR) is 259 cm³/mol. The van der Waals surface area contributed by atoms with Gasteiger partial charge in [0.1, 0.15) is 0 Å². The smallest absolute Gasteiger partial charge is 0.164 e. The van der Waals surface area contributed by atoms with Gasteiger partial charge in [-0.05, 0) is 72.8 Å². The van der Waals surface area contributed by atoms with Gasteiger partial charge in [-0.2, -0.15) is 0 Å². The molecule has 13 rings (SSSR count). The zero-order chi connectivity index (χ0) is 41.4. The molecule has 0 fully saturated rings. The molecule has 0 radical (unpaired) electrons. The lowest BCUT2D eigenvalue weighted by molar-refractivity contribution is 1.07. The standard InChI is InChI=1S/C57H36N6/c1-4-17-37(18-5-1)55-58-56(38-19-6-2-7-20-38)60-57(59-55)39-31-33-41(34-32-39)61-47-28-14-11-24-44(47)52-49(61)35-36-50-53(52)45-25-12-15-29-48(45)63(50)51-30-16-26-43-42-23-10-13-27-46(42)62(54(43)51)40-21-8-3-9-22-40/h1-36H. The highest BCUT2D eigenvalue weighted by atomic mass is 15.1. The number of hydrogen-bond acceptors (Lipinski definition) is 3. The van der Waals surface area contributed by atoms with Crippen LogP contribution in [0.2, 0.25) is 0 Å². The van der Waals surface area contributed by atoms with Crippen LogP contribution in [0.3, 0.4) is 0 Å². The molecule has 0 atom stereocenters. The summed E-state index contributed by atoms with van der Waals surface area (Å²) in [5.74, 6) is 1.92. The average Bonchev–Trinajstić information content (AvgIpc) is 4.01. The summed E-state index contributed by atoms with van der Waals surface area (Å²) in [6, 6.07) is 77.4. The first-order chi connectivity index (χ1) is 31.3. The highest BCUT2D eigenvalue weighted by molar-refractivity contribution is 6.29. The highest BCUT2D eigenvalue weighted by Gasteiger charge is 2.23. The van der Waals surface area contributed by atoms with Crippen molar-refractivity contribution in [1.29, 1.82) is 0 Å². The lowest BCUT2D eigenvalue weighted by Gasteiger charge is -2.14. The molecule has 0 bridgehead atoms. The number of para-hydroxylation sites is 5. The monoisotopic (exact) mass is 804 g/mol. The second kappa shape index (κ2) is 14.0. The second-order valence-electron chi connectivity index (χ2n) is 16.0. The van der Waals surface area contributed by atoms with Gasteiger partial charge in [-0.3, -0.25) is 0 Å². The van der Waals surface area contributed by atoms with Crippen molar-refractivity contribution in [2.45, 2.75) is 0 Å². The molecule has 294 valence electrons. The summed E-state index contributed by atoms with van der Waals surface area (Å²) >= 11 is 0. The van der Waals surface area contributed by atoms with E-state index in [-0.39, 0.29) is 0 Å². The molecule has 0 saturated carbocycles. The van der Waals surface area contributed by atoms with Gasteiger partial charge in [-0.1, -0.05) is 146 Å². The van der Waals surface area contributed by atoms with Crippen LogP contribution in [0.25, 0.3) is 117 Å². The molecule has 6 nitrogen and oxygen atoms in total. The zero-order valence-electron chi connectivity index (χ0n) is 34.0. The SMILES string of the molecule is c1ccc(-c2nc(-c3ccccc3)nc(-c3ccc(-n4c5ccccc5c5c6c7ccccc7n(-c7cccc8c9ccccc9n(-c9ccccc9)c78)c6ccc54)cc3)n2)cc1. The van der Waals surface area contributed by atoms with Crippen LogP contribution in [0.1, 0.15) is 0 Å². The molecule has 0 unspecified atom stereocenters. The Labute approximate surface area is 362 Å². The first-order valence-corrected chi connectivity index (χ1v) is 21.3. The maximum absolute atomic E-state index is 5.00. The van der Waals surface area contributed by atoms with Crippen molar-refractivity contribution in [3.8, 4) is 51.2 Å². The molecule has 9 aromatic carbocycles. The van der Waals surface area contributed by atoms with Crippen molar-refractivity contribution < 1.29 is 0 Å². The number of benzene rings is 9. The van der Waals surface area contributed by atoms with Crippen molar-refractivity contribution in [1.82, 2.24) is 28.7 Å². The number of fused-ring (bicyclic) bond motifs is 10. The normalized spacial score (nSPS) is 11.8. The zero-order valence-corrected chi connectivity index (χ0v) is 34.0. The summed E-state index contributed by atoms with van der Waals surface area (Å²) < 4.78 is 7.30. The van der Waals surface area contributed by atoms with Gasteiger partial charge in [0.15, 0.2) is 17.5 Å². The van der Waals surface area contributed by atoms with Crippen LogP contribution in [0.15, 0.2) is 218 Å². The molecule has 0 N–H and O–H groups in total. The Kier molecular flexibility index (Phi) is 7.80. The lowest BCUT2D eigenvalue weighted by Crippen LogP contribution is -2.00. The van der Waals surface area contributed by atoms with Gasteiger partial charge in [0, 0.05) is 60.4 Å². The Morgan fingerprint density at radius 1 is 0.254 bits per heavy atom. The first-order valence-electron chi connectivity index (χ1n) is 21.3. The van der Waals surface area contributed by atoms with Crippen LogP contribution in [-0.2, 0) is 0 Å². The maximum Gasteiger partial charge on any atom is 0.164 e. The molecule has 0 aliphatic carbocycles. The number of aromatic nitrogens is 6. The predicted octanol–water partition coefficient (Wildman–Crippen LogP) is 14.2. The van der Waals surface area contributed by atoms with E-state index in [0.717, 1.165) is 50.3 Å². The van der Waals surface area contributed by atoms with Crippen LogP contribution >= 0.6 is 0 Å². The van der Waals surface area contributed by atoms with Gasteiger partial charge in [0.25, 0.3) is 0 Å². The van der Waals surface area contributed by atoms with E-state index in [9.17, 15) is 0 Å². The van der Waals surface area contributed by atoms with Crippen molar-refractivity contribution in [2.75, 3.05) is 0 Å². The topological polar surface area (TPSA) is 53.5 Å². The number of nitrogens with zero attached hydrogens (tertiary/aromatic N) is 6. The van der Waals surface area contributed by atoms with E-state index in [4.69, 9.17) is 15.0 Å². The van der Waals surface area contributed by atoms with Gasteiger partial charge >= 0.3 is 0 Å². The summed E-state index contributed by atoms with van der Waals surface area (Å²) in [7, 11) is 0. The third kappa shape index (κ3) is 5.41. The molecule has 13 aromatic rings.